The molecule has 0 spiro atoms. The number of carbonyl (C=O) groups is 2. The van der Waals surface area contributed by atoms with Gasteiger partial charge in [-0.2, -0.15) is 0 Å². The number of nitrogens with one attached hydrogen (secondary N) is 1. The molecule has 6 nitrogen and oxygen atoms in total. The monoisotopic (exact) mass is 465 g/mol. The Morgan fingerprint density at radius 2 is 1.76 bits per heavy atom. The second kappa shape index (κ2) is 10.3. The van der Waals surface area contributed by atoms with E-state index in [0.717, 1.165) is 47.1 Å². The van der Waals surface area contributed by atoms with E-state index in [0.29, 0.717) is 19.6 Å². The molecule has 7 heteroatoms. The molecule has 1 N–H and O–H groups in total. The molecule has 1 aliphatic rings. The molecule has 33 heavy (non-hydrogen) atoms. The topological polar surface area (TPSA) is 71.4 Å². The average Bonchev–Trinajstić information content (AvgIpc) is 3.05. The third-order valence-electron chi connectivity index (χ3n) is 6.41. The Bertz CT molecular complexity index is 1170. The van der Waals surface area contributed by atoms with E-state index >= 15 is 0 Å². The Labute approximate surface area is 198 Å². The lowest BCUT2D eigenvalue weighted by Gasteiger charge is -2.22. The molecule has 4 rings (SSSR count). The van der Waals surface area contributed by atoms with Crippen LogP contribution >= 0.6 is 11.3 Å². The fourth-order valence-electron chi connectivity index (χ4n) is 4.21. The van der Waals surface area contributed by atoms with Gasteiger partial charge in [0.2, 0.25) is 5.43 Å². The van der Waals surface area contributed by atoms with Crippen LogP contribution in [-0.4, -0.2) is 34.4 Å². The van der Waals surface area contributed by atoms with Gasteiger partial charge in [0.25, 0.3) is 11.8 Å². The number of carbonyl (C=O) groups excluding carboxylic acids is 2. The highest BCUT2D eigenvalue weighted by molar-refractivity contribution is 7.19. The van der Waals surface area contributed by atoms with Crippen LogP contribution in [0.1, 0.15) is 77.6 Å². The summed E-state index contributed by atoms with van der Waals surface area (Å²) in [6.07, 6.45) is 8.13. The minimum Gasteiger partial charge on any atom is -0.350 e. The molecule has 1 fully saturated rings. The quantitative estimate of drug-likeness (QED) is 0.558. The van der Waals surface area contributed by atoms with Gasteiger partial charge in [-0.3, -0.25) is 14.4 Å². The summed E-state index contributed by atoms with van der Waals surface area (Å²) in [5.41, 5.74) is -0.374. The van der Waals surface area contributed by atoms with Crippen molar-refractivity contribution < 1.29 is 9.59 Å². The van der Waals surface area contributed by atoms with Gasteiger partial charge >= 0.3 is 0 Å². The number of likely N-dealkylation sites (tertiary alicyclic amines) is 1. The van der Waals surface area contributed by atoms with Crippen molar-refractivity contribution in [3.05, 3.63) is 69.0 Å². The fourth-order valence-corrected chi connectivity index (χ4v) is 5.21. The van der Waals surface area contributed by atoms with Gasteiger partial charge in [-0.05, 0) is 43.7 Å². The zero-order valence-electron chi connectivity index (χ0n) is 19.3. The molecule has 2 amide bonds. The molecule has 0 saturated carbocycles. The SMILES string of the molecule is CC[C@H](C)n1cc(C(=O)NCc2cc3ccccc3s2)c(=O)c(C(=O)N2CCCCCC2)c1. The van der Waals surface area contributed by atoms with Gasteiger partial charge in [0, 0.05) is 41.1 Å². The number of hydrogen-bond donors (Lipinski definition) is 1. The third kappa shape index (κ3) is 5.19. The summed E-state index contributed by atoms with van der Waals surface area (Å²) in [5.74, 6) is -0.710. The normalized spacial score (nSPS) is 15.3. The second-order valence-electron chi connectivity index (χ2n) is 8.76. The summed E-state index contributed by atoms with van der Waals surface area (Å²) >= 11 is 1.62. The van der Waals surface area contributed by atoms with Crippen molar-refractivity contribution in [1.29, 1.82) is 0 Å². The molecule has 0 radical (unpaired) electrons. The predicted molar refractivity (Wildman–Crippen MR) is 133 cm³/mol. The lowest BCUT2D eigenvalue weighted by Crippen LogP contribution is -2.38. The van der Waals surface area contributed by atoms with E-state index in [1.807, 2.05) is 42.7 Å². The van der Waals surface area contributed by atoms with Gasteiger partial charge in [0.1, 0.15) is 11.1 Å². The number of pyridine rings is 1. The minimum absolute atomic E-state index is 0.0251. The van der Waals surface area contributed by atoms with Crippen molar-refractivity contribution in [2.75, 3.05) is 13.1 Å². The van der Waals surface area contributed by atoms with Crippen molar-refractivity contribution in [1.82, 2.24) is 14.8 Å². The number of nitrogens with zero attached hydrogens (tertiary/aromatic N) is 2. The van der Waals surface area contributed by atoms with Crippen LogP contribution in [0.3, 0.4) is 0 Å². The largest absolute Gasteiger partial charge is 0.350 e. The number of benzene rings is 1. The van der Waals surface area contributed by atoms with E-state index in [1.54, 1.807) is 28.6 Å². The minimum atomic E-state index is -0.488. The van der Waals surface area contributed by atoms with E-state index < -0.39 is 11.3 Å². The summed E-state index contributed by atoms with van der Waals surface area (Å²) in [5, 5.41) is 4.03. The molecule has 1 atom stereocenters. The van der Waals surface area contributed by atoms with E-state index in [-0.39, 0.29) is 23.1 Å². The Morgan fingerprint density at radius 3 is 2.45 bits per heavy atom. The van der Waals surface area contributed by atoms with Crippen molar-refractivity contribution in [3.8, 4) is 0 Å². The summed E-state index contributed by atoms with van der Waals surface area (Å²) in [6.45, 7) is 5.71. The molecule has 3 aromatic rings. The Balaban J connectivity index is 1.61. The standard InChI is InChI=1S/C26H31N3O3S/c1-3-18(2)29-16-21(24(30)22(17-29)26(32)28-12-8-4-5-9-13-28)25(31)27-15-20-14-19-10-6-7-11-23(19)33-20/h6-7,10-11,14,16-18H,3-5,8-9,12-13,15H2,1-2H3,(H,27,31)/t18-/m0/s1. The van der Waals surface area contributed by atoms with E-state index in [9.17, 15) is 14.4 Å². The van der Waals surface area contributed by atoms with Gasteiger partial charge in [0.15, 0.2) is 0 Å². The third-order valence-corrected chi connectivity index (χ3v) is 7.53. The smallest absolute Gasteiger partial charge is 0.259 e. The van der Waals surface area contributed by atoms with Gasteiger partial charge < -0.3 is 14.8 Å². The fraction of sp³-hybridized carbons (Fsp3) is 0.423. The lowest BCUT2D eigenvalue weighted by molar-refractivity contribution is 0.0759. The highest BCUT2D eigenvalue weighted by Crippen LogP contribution is 2.25. The molecule has 0 unspecified atom stereocenters. The van der Waals surface area contributed by atoms with Crippen LogP contribution < -0.4 is 10.7 Å². The predicted octanol–water partition coefficient (Wildman–Crippen LogP) is 4.98. The molecule has 2 aromatic heterocycles. The van der Waals surface area contributed by atoms with Crippen LogP contribution in [0.2, 0.25) is 0 Å². The molecule has 3 heterocycles. The van der Waals surface area contributed by atoms with Gasteiger partial charge in [-0.25, -0.2) is 0 Å². The van der Waals surface area contributed by atoms with Crippen LogP contribution in [0, 0.1) is 0 Å². The Morgan fingerprint density at radius 1 is 1.06 bits per heavy atom. The van der Waals surface area contributed by atoms with Crippen LogP contribution in [0.25, 0.3) is 10.1 Å². The second-order valence-corrected chi connectivity index (χ2v) is 9.93. The Kier molecular flexibility index (Phi) is 7.28. The molecule has 174 valence electrons. The maximum Gasteiger partial charge on any atom is 0.259 e. The summed E-state index contributed by atoms with van der Waals surface area (Å²) in [4.78, 5) is 42.4. The number of thiophene rings is 1. The van der Waals surface area contributed by atoms with Gasteiger partial charge in [-0.15, -0.1) is 11.3 Å². The van der Waals surface area contributed by atoms with Crippen LogP contribution in [0.5, 0.6) is 0 Å². The molecular formula is C26H31N3O3S. The molecule has 1 saturated heterocycles. The van der Waals surface area contributed by atoms with Gasteiger partial charge in [-0.1, -0.05) is 38.0 Å². The first kappa shape index (κ1) is 23.2. The molecular weight excluding hydrogens is 434 g/mol. The highest BCUT2D eigenvalue weighted by atomic mass is 32.1. The first-order chi connectivity index (χ1) is 16.0. The molecule has 1 aliphatic heterocycles. The van der Waals surface area contributed by atoms with Crippen LogP contribution in [0.4, 0.5) is 0 Å². The number of hydrogen-bond acceptors (Lipinski definition) is 4. The zero-order valence-corrected chi connectivity index (χ0v) is 20.1. The van der Waals surface area contributed by atoms with Crippen LogP contribution in [-0.2, 0) is 6.54 Å². The number of aromatic nitrogens is 1. The highest BCUT2D eigenvalue weighted by Gasteiger charge is 2.24. The Hall–Kier alpha value is -2.93. The summed E-state index contributed by atoms with van der Waals surface area (Å²) in [7, 11) is 0. The lowest BCUT2D eigenvalue weighted by atomic mass is 10.1. The van der Waals surface area contributed by atoms with E-state index in [1.165, 1.54) is 0 Å². The van der Waals surface area contributed by atoms with Crippen LogP contribution in [0.15, 0.2) is 47.5 Å². The molecule has 0 aliphatic carbocycles. The zero-order chi connectivity index (χ0) is 23.4. The average molecular weight is 466 g/mol. The van der Waals surface area contributed by atoms with Crippen molar-refractivity contribution in [2.45, 2.75) is 58.5 Å². The first-order valence-electron chi connectivity index (χ1n) is 11.8. The number of amides is 2. The maximum atomic E-state index is 13.3. The van der Waals surface area contributed by atoms with Crippen molar-refractivity contribution >= 4 is 33.2 Å². The van der Waals surface area contributed by atoms with E-state index in [4.69, 9.17) is 0 Å². The molecule has 1 aromatic carbocycles. The molecule has 0 bridgehead atoms. The van der Waals surface area contributed by atoms with E-state index in [2.05, 4.69) is 11.4 Å². The van der Waals surface area contributed by atoms with Gasteiger partial charge in [0.05, 0.1) is 6.54 Å². The first-order valence-corrected chi connectivity index (χ1v) is 12.6. The van der Waals surface area contributed by atoms with Crippen molar-refractivity contribution in [2.24, 2.45) is 0 Å². The summed E-state index contributed by atoms with van der Waals surface area (Å²) < 4.78 is 2.99. The maximum absolute atomic E-state index is 13.3. The van der Waals surface area contributed by atoms with Crippen molar-refractivity contribution in [3.63, 3.8) is 0 Å². The number of rotatable bonds is 6. The number of fused-ring (bicyclic) bond motifs is 1. The summed E-state index contributed by atoms with van der Waals surface area (Å²) in [6, 6.07) is 10.2.